The van der Waals surface area contributed by atoms with Crippen molar-refractivity contribution >= 4 is 34.2 Å². The van der Waals surface area contributed by atoms with E-state index >= 15 is 0 Å². The molecule has 0 saturated carbocycles. The lowest BCUT2D eigenvalue weighted by Crippen LogP contribution is -3.00. The van der Waals surface area contributed by atoms with Crippen LogP contribution in [0.1, 0.15) is 59.3 Å². The van der Waals surface area contributed by atoms with Crippen LogP contribution in [0.2, 0.25) is 0 Å². The van der Waals surface area contributed by atoms with Gasteiger partial charge in [0.05, 0.1) is 6.61 Å². The second-order valence-electron chi connectivity index (χ2n) is 7.02. The Kier molecular flexibility index (Phi) is 9.65. The summed E-state index contributed by atoms with van der Waals surface area (Å²) >= 11 is 1.32. The summed E-state index contributed by atoms with van der Waals surface area (Å²) < 4.78 is 10.7. The highest BCUT2D eigenvalue weighted by Gasteiger charge is 2.62. The molecule has 0 amide bonds. The Morgan fingerprint density at radius 2 is 2.07 bits per heavy atom. The molecule has 0 radical (unpaired) electrons. The van der Waals surface area contributed by atoms with Gasteiger partial charge in [0.1, 0.15) is 12.1 Å². The Labute approximate surface area is 179 Å². The summed E-state index contributed by atoms with van der Waals surface area (Å²) in [7, 11) is 0. The molecule has 28 heavy (non-hydrogen) atoms. The number of esters is 2. The second-order valence-corrected chi connectivity index (χ2v) is 7.88. The van der Waals surface area contributed by atoms with E-state index in [2.05, 4.69) is 17.1 Å². The van der Waals surface area contributed by atoms with Gasteiger partial charge in [-0.3, -0.25) is 19.7 Å². The molecule has 0 aromatic carbocycles. The number of nitrogens with two attached hydrogens (primary N) is 1. The molecule has 0 bridgehead atoms. The average Bonchev–Trinajstić information content (AvgIpc) is 3.24. The van der Waals surface area contributed by atoms with Gasteiger partial charge < -0.3 is 26.5 Å². The number of unbranched alkanes of at least 4 members (excludes halogenated alkanes) is 3. The van der Waals surface area contributed by atoms with Crippen LogP contribution in [0.15, 0.2) is 5.51 Å². The van der Waals surface area contributed by atoms with Crippen molar-refractivity contribution in [3.8, 4) is 0 Å². The molecule has 10 heteroatoms. The van der Waals surface area contributed by atoms with Gasteiger partial charge in [0, 0.05) is 6.42 Å². The van der Waals surface area contributed by atoms with Crippen LogP contribution in [0.3, 0.4) is 0 Å². The molecule has 1 aliphatic rings. The van der Waals surface area contributed by atoms with E-state index in [-0.39, 0.29) is 42.3 Å². The van der Waals surface area contributed by atoms with Gasteiger partial charge in [-0.2, -0.15) is 0 Å². The number of rotatable bonds is 11. The molecule has 2 unspecified atom stereocenters. The molecule has 1 aromatic rings. The Bertz CT molecular complexity index is 672. The second kappa shape index (κ2) is 11.0. The van der Waals surface area contributed by atoms with Crippen LogP contribution < -0.4 is 22.3 Å². The smallest absolute Gasteiger partial charge is 0.324 e. The molecule has 2 rings (SSSR count). The number of halogens is 1. The number of carbonyl (C=O) groups is 3. The maximum atomic E-state index is 12.7. The van der Waals surface area contributed by atoms with E-state index in [4.69, 9.17) is 9.47 Å². The van der Waals surface area contributed by atoms with Gasteiger partial charge in [0.25, 0.3) is 0 Å². The van der Waals surface area contributed by atoms with Gasteiger partial charge in [-0.15, -0.1) is 5.10 Å². The quantitative estimate of drug-likeness (QED) is 0.235. The summed E-state index contributed by atoms with van der Waals surface area (Å²) in [6.07, 6.45) is 4.07. The van der Waals surface area contributed by atoms with Crippen LogP contribution in [0.4, 0.5) is 5.13 Å². The minimum atomic E-state index is -1.39. The number of nitrogens with zero attached hydrogens (tertiary/aromatic N) is 2. The molecule has 1 fully saturated rings. The fourth-order valence-corrected chi connectivity index (χ4v) is 3.86. The van der Waals surface area contributed by atoms with Gasteiger partial charge >= 0.3 is 17.1 Å². The molecular formula is C18H28BrN3O5S. The molecule has 1 aliphatic heterocycles. The van der Waals surface area contributed by atoms with E-state index in [9.17, 15) is 14.4 Å². The van der Waals surface area contributed by atoms with Crippen molar-refractivity contribution in [2.45, 2.75) is 64.9 Å². The average molecular weight is 478 g/mol. The van der Waals surface area contributed by atoms with E-state index in [1.165, 1.54) is 11.3 Å². The minimum absolute atomic E-state index is 0. The normalized spacial score (nSPS) is 23.8. The number of carbonyl (C=O) groups excluding carboxylic acids is 3. The maximum absolute atomic E-state index is 12.7. The van der Waals surface area contributed by atoms with Gasteiger partial charge in [-0.1, -0.05) is 37.7 Å². The van der Waals surface area contributed by atoms with Crippen molar-refractivity contribution < 1.29 is 46.2 Å². The summed E-state index contributed by atoms with van der Waals surface area (Å²) in [5, 5.41) is 9.88. The van der Waals surface area contributed by atoms with E-state index in [1.807, 2.05) is 0 Å². The molecule has 2 atom stereocenters. The van der Waals surface area contributed by atoms with Crippen molar-refractivity contribution in [3.05, 3.63) is 5.51 Å². The largest absolute Gasteiger partial charge is 1.00 e. The SMILES string of the molecule is CCCCCCC1(C(=O)OCC)CC(C)(C(=O)C[NH2+]c2nncs2)OC1=O.[Br-]. The van der Waals surface area contributed by atoms with Crippen LogP contribution in [0, 0.1) is 5.41 Å². The molecule has 158 valence electrons. The van der Waals surface area contributed by atoms with Gasteiger partial charge in [-0.25, -0.2) is 0 Å². The van der Waals surface area contributed by atoms with Crippen LogP contribution in [0.5, 0.6) is 0 Å². The lowest BCUT2D eigenvalue weighted by Gasteiger charge is -2.24. The number of hydrogen-bond acceptors (Lipinski definition) is 8. The van der Waals surface area contributed by atoms with E-state index in [0.29, 0.717) is 18.0 Å². The maximum Gasteiger partial charge on any atom is 0.324 e. The molecule has 0 spiro atoms. The number of aromatic nitrogens is 2. The molecular weight excluding hydrogens is 450 g/mol. The van der Waals surface area contributed by atoms with E-state index in [1.54, 1.807) is 24.7 Å². The zero-order valence-electron chi connectivity index (χ0n) is 16.5. The third-order valence-corrected chi connectivity index (χ3v) is 5.59. The fourth-order valence-electron chi connectivity index (χ4n) is 3.38. The Balaban J connectivity index is 0.00000392. The van der Waals surface area contributed by atoms with E-state index in [0.717, 1.165) is 19.3 Å². The minimum Gasteiger partial charge on any atom is -1.00 e. The topological polar surface area (TPSA) is 112 Å². The highest BCUT2D eigenvalue weighted by atomic mass is 79.9. The fraction of sp³-hybridized carbons (Fsp3) is 0.722. The summed E-state index contributed by atoms with van der Waals surface area (Å²) in [4.78, 5) is 38.1. The Hall–Kier alpha value is -1.39. The van der Waals surface area contributed by atoms with Gasteiger partial charge in [-0.05, 0) is 31.6 Å². The van der Waals surface area contributed by atoms with Gasteiger partial charge in [0.15, 0.2) is 11.0 Å². The summed E-state index contributed by atoms with van der Waals surface area (Å²) in [6.45, 7) is 5.61. The first-order valence-corrected chi connectivity index (χ1v) is 10.3. The zero-order chi connectivity index (χ0) is 19.9. The first kappa shape index (κ1) is 24.6. The number of hydrogen-bond donors (Lipinski definition) is 1. The summed E-state index contributed by atoms with van der Waals surface area (Å²) in [5.41, 5.74) is -1.15. The first-order valence-electron chi connectivity index (χ1n) is 9.41. The van der Waals surface area contributed by atoms with Crippen molar-refractivity contribution in [1.82, 2.24) is 10.2 Å². The predicted molar refractivity (Wildman–Crippen MR) is 98.3 cm³/mol. The van der Waals surface area contributed by atoms with E-state index < -0.39 is 23.0 Å². The molecule has 1 aromatic heterocycles. The van der Waals surface area contributed by atoms with Crippen LogP contribution in [-0.4, -0.2) is 46.7 Å². The Morgan fingerprint density at radius 3 is 2.68 bits per heavy atom. The van der Waals surface area contributed by atoms with Crippen molar-refractivity contribution in [1.29, 1.82) is 0 Å². The standard InChI is InChI=1S/C18H27N3O5S.BrH/c1-4-6-7-8-9-18(14(23)25-5-2)11-17(3,26-15(18)24)13(22)10-19-16-21-20-12-27-16;/h12H,4-11H2,1-3H3,(H,19,21);1H. The molecule has 8 nitrogen and oxygen atoms in total. The third kappa shape index (κ3) is 5.57. The molecule has 2 heterocycles. The van der Waals surface area contributed by atoms with Crippen molar-refractivity contribution in [2.75, 3.05) is 13.2 Å². The van der Waals surface area contributed by atoms with Crippen LogP contribution >= 0.6 is 11.3 Å². The number of ketones is 1. The van der Waals surface area contributed by atoms with Crippen LogP contribution in [0.25, 0.3) is 0 Å². The number of cyclic esters (lactones) is 1. The summed E-state index contributed by atoms with van der Waals surface area (Å²) in [5.74, 6) is -1.49. The Morgan fingerprint density at radius 1 is 1.32 bits per heavy atom. The van der Waals surface area contributed by atoms with Crippen LogP contribution in [-0.2, 0) is 23.9 Å². The molecule has 1 saturated heterocycles. The van der Waals surface area contributed by atoms with Crippen molar-refractivity contribution in [3.63, 3.8) is 0 Å². The van der Waals surface area contributed by atoms with Crippen molar-refractivity contribution in [2.24, 2.45) is 5.41 Å². The molecule has 0 aliphatic carbocycles. The molecule has 2 N–H and O–H groups in total. The highest BCUT2D eigenvalue weighted by Crippen LogP contribution is 2.45. The van der Waals surface area contributed by atoms with Gasteiger partial charge in [0.2, 0.25) is 5.78 Å². The first-order chi connectivity index (χ1) is 12.9. The lowest BCUT2D eigenvalue weighted by molar-refractivity contribution is -0.559. The predicted octanol–water partition coefficient (Wildman–Crippen LogP) is -1.47. The lowest BCUT2D eigenvalue weighted by atomic mass is 9.75. The third-order valence-electron chi connectivity index (χ3n) is 4.90. The summed E-state index contributed by atoms with van der Waals surface area (Å²) in [6, 6.07) is 0. The monoisotopic (exact) mass is 477 g/mol. The zero-order valence-corrected chi connectivity index (χ0v) is 18.9. The number of quaternary nitrogens is 1. The number of ether oxygens (including phenoxy) is 2. The number of Topliss-reactive ketones (excluding diaryl/α,β-unsaturated/α-hetero) is 1. The highest BCUT2D eigenvalue weighted by molar-refractivity contribution is 7.12.